The molecular formula is C18H25N2O2+. The van der Waals surface area contributed by atoms with Gasteiger partial charge in [-0.15, -0.1) is 0 Å². The number of nitrogens with two attached hydrogens (primary N) is 1. The van der Waals surface area contributed by atoms with Crippen molar-refractivity contribution >= 4 is 16.7 Å². The lowest BCUT2D eigenvalue weighted by atomic mass is 9.94. The van der Waals surface area contributed by atoms with Crippen LogP contribution in [0.25, 0.3) is 10.9 Å². The van der Waals surface area contributed by atoms with Crippen molar-refractivity contribution in [2.45, 2.75) is 51.8 Å². The first-order valence-electron chi connectivity index (χ1n) is 8.22. The fourth-order valence-electron chi connectivity index (χ4n) is 3.40. The van der Waals surface area contributed by atoms with E-state index in [4.69, 9.17) is 0 Å². The van der Waals surface area contributed by atoms with Crippen LogP contribution in [0, 0.1) is 0 Å². The van der Waals surface area contributed by atoms with Crippen molar-refractivity contribution in [2.75, 3.05) is 6.54 Å². The Labute approximate surface area is 131 Å². The molecule has 0 radical (unpaired) electrons. The van der Waals surface area contributed by atoms with Gasteiger partial charge in [0.05, 0.1) is 18.3 Å². The number of carbonyl (C=O) groups excluding carboxylic acids is 1. The minimum atomic E-state index is -0.447. The predicted octanol–water partition coefficient (Wildman–Crippen LogP) is 1.49. The van der Waals surface area contributed by atoms with Gasteiger partial charge in [0.25, 0.3) is 0 Å². The normalized spacial score (nSPS) is 16.3. The molecule has 0 saturated carbocycles. The van der Waals surface area contributed by atoms with Gasteiger partial charge in [-0.2, -0.15) is 0 Å². The Morgan fingerprint density at radius 2 is 2.05 bits per heavy atom. The standard InChI is InChI=1S/C18H24N2O2/c1-12(2)19-10-13(21)11-20-16-8-4-3-6-14(16)15-7-5-9-17(22)18(15)20/h3-4,6,8,12-13,19,21H,5,7,9-11H2,1-2H3/p+1/t13-/m0/s1. The largest absolute Gasteiger partial charge is 0.385 e. The number of quaternary nitrogens is 1. The molecule has 118 valence electrons. The van der Waals surface area contributed by atoms with Gasteiger partial charge in [-0.25, -0.2) is 0 Å². The first kappa shape index (κ1) is 15.3. The van der Waals surface area contributed by atoms with Crippen LogP contribution in [0.2, 0.25) is 0 Å². The molecule has 0 bridgehead atoms. The number of nitrogens with zero attached hydrogens (tertiary/aromatic N) is 1. The topological polar surface area (TPSA) is 58.8 Å². The number of carbonyl (C=O) groups is 1. The molecule has 4 heteroatoms. The summed E-state index contributed by atoms with van der Waals surface area (Å²) in [6.07, 6.45) is 2.07. The number of para-hydroxylation sites is 1. The van der Waals surface area contributed by atoms with Gasteiger partial charge in [0.2, 0.25) is 0 Å². The van der Waals surface area contributed by atoms with E-state index in [9.17, 15) is 9.90 Å². The second-order valence-corrected chi connectivity index (χ2v) is 6.60. The molecule has 22 heavy (non-hydrogen) atoms. The van der Waals surface area contributed by atoms with Gasteiger partial charge in [0.1, 0.15) is 12.6 Å². The van der Waals surface area contributed by atoms with E-state index < -0.39 is 6.10 Å². The molecule has 0 fully saturated rings. The van der Waals surface area contributed by atoms with E-state index in [2.05, 4.69) is 31.3 Å². The average molecular weight is 301 g/mol. The summed E-state index contributed by atoms with van der Waals surface area (Å²) in [5.74, 6) is 0.220. The number of rotatable bonds is 5. The van der Waals surface area contributed by atoms with Crippen LogP contribution in [0.3, 0.4) is 0 Å². The second kappa shape index (κ2) is 6.23. The van der Waals surface area contributed by atoms with Gasteiger partial charge in [0, 0.05) is 17.3 Å². The molecule has 2 aromatic rings. The molecule has 1 aromatic carbocycles. The van der Waals surface area contributed by atoms with Gasteiger partial charge in [-0.3, -0.25) is 4.79 Å². The highest BCUT2D eigenvalue weighted by molar-refractivity contribution is 6.04. The van der Waals surface area contributed by atoms with E-state index in [1.54, 1.807) is 0 Å². The fourth-order valence-corrected chi connectivity index (χ4v) is 3.40. The highest BCUT2D eigenvalue weighted by Gasteiger charge is 2.26. The lowest BCUT2D eigenvalue weighted by Crippen LogP contribution is -2.90. The van der Waals surface area contributed by atoms with Crippen molar-refractivity contribution < 1.29 is 15.2 Å². The molecule has 0 saturated heterocycles. The number of aliphatic hydroxyl groups is 1. The third-order valence-corrected chi connectivity index (χ3v) is 4.44. The Morgan fingerprint density at radius 1 is 1.27 bits per heavy atom. The molecule has 1 atom stereocenters. The van der Waals surface area contributed by atoms with Crippen LogP contribution in [0.15, 0.2) is 24.3 Å². The van der Waals surface area contributed by atoms with E-state index in [0.29, 0.717) is 25.6 Å². The molecule has 0 spiro atoms. The first-order valence-corrected chi connectivity index (χ1v) is 8.22. The van der Waals surface area contributed by atoms with Gasteiger partial charge in [-0.1, -0.05) is 18.2 Å². The van der Waals surface area contributed by atoms with Crippen molar-refractivity contribution in [3.63, 3.8) is 0 Å². The number of Topliss-reactive ketones (excluding diaryl/α,β-unsaturated/α-hetero) is 1. The lowest BCUT2D eigenvalue weighted by molar-refractivity contribution is -0.688. The van der Waals surface area contributed by atoms with Crippen LogP contribution in [0.1, 0.15) is 42.7 Å². The molecule has 1 aliphatic carbocycles. The molecule has 1 aromatic heterocycles. The maximum atomic E-state index is 12.4. The van der Waals surface area contributed by atoms with Crippen molar-refractivity contribution in [1.29, 1.82) is 0 Å². The third kappa shape index (κ3) is 2.81. The van der Waals surface area contributed by atoms with E-state index >= 15 is 0 Å². The minimum absolute atomic E-state index is 0.220. The number of aryl methyl sites for hydroxylation is 1. The van der Waals surface area contributed by atoms with E-state index in [1.807, 2.05) is 16.7 Å². The van der Waals surface area contributed by atoms with Crippen molar-refractivity contribution in [3.8, 4) is 0 Å². The number of aromatic nitrogens is 1. The summed E-state index contributed by atoms with van der Waals surface area (Å²) in [6, 6.07) is 8.64. The van der Waals surface area contributed by atoms with E-state index in [1.165, 1.54) is 10.9 Å². The van der Waals surface area contributed by atoms with E-state index in [0.717, 1.165) is 24.1 Å². The second-order valence-electron chi connectivity index (χ2n) is 6.60. The minimum Gasteiger partial charge on any atom is -0.385 e. The zero-order valence-electron chi connectivity index (χ0n) is 13.4. The summed E-state index contributed by atoms with van der Waals surface area (Å²) in [7, 11) is 0. The zero-order valence-corrected chi connectivity index (χ0v) is 13.4. The molecule has 0 amide bonds. The number of aliphatic hydroxyl groups excluding tert-OH is 1. The Hall–Kier alpha value is -1.65. The molecular weight excluding hydrogens is 276 g/mol. The van der Waals surface area contributed by atoms with Crippen LogP contribution < -0.4 is 5.32 Å². The van der Waals surface area contributed by atoms with Crippen molar-refractivity contribution in [2.24, 2.45) is 0 Å². The molecule has 3 N–H and O–H groups in total. The summed E-state index contributed by atoms with van der Waals surface area (Å²) >= 11 is 0. The molecule has 0 unspecified atom stereocenters. The first-order chi connectivity index (χ1) is 10.6. The Morgan fingerprint density at radius 3 is 2.82 bits per heavy atom. The number of hydrogen-bond donors (Lipinski definition) is 2. The predicted molar refractivity (Wildman–Crippen MR) is 87.1 cm³/mol. The highest BCUT2D eigenvalue weighted by atomic mass is 16.3. The number of fused-ring (bicyclic) bond motifs is 3. The monoisotopic (exact) mass is 301 g/mol. The fraction of sp³-hybridized carbons (Fsp3) is 0.500. The molecule has 3 rings (SSSR count). The van der Waals surface area contributed by atoms with Crippen LogP contribution >= 0.6 is 0 Å². The van der Waals surface area contributed by atoms with Crippen molar-refractivity contribution in [3.05, 3.63) is 35.5 Å². The van der Waals surface area contributed by atoms with Gasteiger partial charge in [-0.05, 0) is 38.3 Å². The number of ketones is 1. The highest BCUT2D eigenvalue weighted by Crippen LogP contribution is 2.32. The quantitative estimate of drug-likeness (QED) is 0.879. The SMILES string of the molecule is CC(C)[NH2+]C[C@H](O)Cn1c2c(c3ccccc31)CCCC2=O. The Balaban J connectivity index is 1.98. The smallest absolute Gasteiger partial charge is 0.179 e. The van der Waals surface area contributed by atoms with Crippen LogP contribution in [0.5, 0.6) is 0 Å². The van der Waals surface area contributed by atoms with Gasteiger partial charge >= 0.3 is 0 Å². The van der Waals surface area contributed by atoms with Crippen LogP contribution in [-0.4, -0.2) is 34.1 Å². The Kier molecular flexibility index (Phi) is 4.32. The number of hydrogen-bond acceptors (Lipinski definition) is 2. The lowest BCUT2D eigenvalue weighted by Gasteiger charge is -2.18. The van der Waals surface area contributed by atoms with Crippen LogP contribution in [-0.2, 0) is 13.0 Å². The summed E-state index contributed by atoms with van der Waals surface area (Å²) in [4.78, 5) is 12.4. The Bertz CT molecular complexity index is 688. The third-order valence-electron chi connectivity index (χ3n) is 4.44. The maximum absolute atomic E-state index is 12.4. The molecule has 1 aliphatic rings. The number of benzene rings is 1. The van der Waals surface area contributed by atoms with Crippen LogP contribution in [0.4, 0.5) is 0 Å². The molecule has 4 nitrogen and oxygen atoms in total. The average Bonchev–Trinajstić information content (AvgIpc) is 2.81. The van der Waals surface area contributed by atoms with E-state index in [-0.39, 0.29) is 5.78 Å². The summed E-state index contributed by atoms with van der Waals surface area (Å²) in [6.45, 7) is 5.38. The zero-order chi connectivity index (χ0) is 15.7. The van der Waals surface area contributed by atoms with Crippen molar-refractivity contribution in [1.82, 2.24) is 4.57 Å². The summed E-state index contributed by atoms with van der Waals surface area (Å²) in [5.41, 5.74) is 3.08. The molecule has 0 aliphatic heterocycles. The van der Waals surface area contributed by atoms with Gasteiger partial charge < -0.3 is 15.0 Å². The maximum Gasteiger partial charge on any atom is 0.179 e. The van der Waals surface area contributed by atoms with Gasteiger partial charge in [0.15, 0.2) is 5.78 Å². The molecule has 1 heterocycles. The summed E-state index contributed by atoms with van der Waals surface area (Å²) < 4.78 is 2.05. The summed E-state index contributed by atoms with van der Waals surface area (Å²) in [5, 5.41) is 13.7.